The molecule has 5 rings (SSSR count). The standard InChI is InChI=1S/C26H22N2O5/c1-27(2)18-10-8-16(9-11-18)23-22(24(29)17-6-4-3-5-7-17)25(30)26(31)28(23)19-12-13-20-21(14-19)33-15-32-20/h3-14,23,29H,15H2,1-2H3/b24-22+. The summed E-state index contributed by atoms with van der Waals surface area (Å²) in [6.45, 7) is 0.0983. The fraction of sp³-hybridized carbons (Fsp3) is 0.154. The molecule has 0 spiro atoms. The molecule has 2 aliphatic heterocycles. The molecule has 7 heteroatoms. The Hall–Kier alpha value is -4.26. The predicted octanol–water partition coefficient (Wildman–Crippen LogP) is 4.11. The molecule has 1 unspecified atom stereocenters. The lowest BCUT2D eigenvalue weighted by Gasteiger charge is -2.26. The van der Waals surface area contributed by atoms with Crippen molar-refractivity contribution in [2.75, 3.05) is 30.7 Å². The van der Waals surface area contributed by atoms with Gasteiger partial charge in [0.25, 0.3) is 11.7 Å². The topological polar surface area (TPSA) is 79.3 Å². The van der Waals surface area contributed by atoms with Gasteiger partial charge in [0.05, 0.1) is 11.6 Å². The number of amides is 1. The molecule has 1 N–H and O–H groups in total. The number of benzene rings is 3. The van der Waals surface area contributed by atoms with Crippen molar-refractivity contribution in [3.05, 3.63) is 89.5 Å². The Kier molecular flexibility index (Phi) is 5.01. The van der Waals surface area contributed by atoms with Crippen LogP contribution in [0, 0.1) is 0 Å². The summed E-state index contributed by atoms with van der Waals surface area (Å²) in [5.74, 6) is -0.590. The second-order valence-electron chi connectivity index (χ2n) is 8.06. The number of hydrogen-bond donors (Lipinski definition) is 1. The number of fused-ring (bicyclic) bond motifs is 1. The van der Waals surface area contributed by atoms with Crippen molar-refractivity contribution >= 4 is 28.8 Å². The van der Waals surface area contributed by atoms with E-state index in [1.54, 1.807) is 42.5 Å². The second-order valence-corrected chi connectivity index (χ2v) is 8.06. The summed E-state index contributed by atoms with van der Waals surface area (Å²) < 4.78 is 10.9. The Bertz CT molecular complexity index is 1270. The van der Waals surface area contributed by atoms with E-state index in [2.05, 4.69) is 0 Å². The minimum Gasteiger partial charge on any atom is -0.507 e. The number of aliphatic hydroxyl groups excluding tert-OH is 1. The second kappa shape index (κ2) is 8.02. The van der Waals surface area contributed by atoms with E-state index in [-0.39, 0.29) is 18.1 Å². The molecule has 1 saturated heterocycles. The number of anilines is 2. The molecule has 3 aromatic rings. The Balaban J connectivity index is 1.69. The van der Waals surface area contributed by atoms with Gasteiger partial charge in [0.15, 0.2) is 11.5 Å². The highest BCUT2D eigenvalue weighted by molar-refractivity contribution is 6.51. The van der Waals surface area contributed by atoms with Crippen LogP contribution in [0.3, 0.4) is 0 Å². The summed E-state index contributed by atoms with van der Waals surface area (Å²) in [6, 6.07) is 20.6. The summed E-state index contributed by atoms with van der Waals surface area (Å²) >= 11 is 0. The van der Waals surface area contributed by atoms with Crippen LogP contribution in [-0.2, 0) is 9.59 Å². The van der Waals surface area contributed by atoms with Gasteiger partial charge in [-0.3, -0.25) is 14.5 Å². The van der Waals surface area contributed by atoms with Crippen LogP contribution in [0.5, 0.6) is 11.5 Å². The fourth-order valence-corrected chi connectivity index (χ4v) is 4.16. The monoisotopic (exact) mass is 442 g/mol. The van der Waals surface area contributed by atoms with E-state index in [0.717, 1.165) is 5.69 Å². The number of hydrogen-bond acceptors (Lipinski definition) is 6. The maximum atomic E-state index is 13.3. The van der Waals surface area contributed by atoms with E-state index in [4.69, 9.17) is 9.47 Å². The normalized spacial score (nSPS) is 18.6. The molecule has 3 aromatic carbocycles. The highest BCUT2D eigenvalue weighted by atomic mass is 16.7. The van der Waals surface area contributed by atoms with E-state index in [1.807, 2.05) is 49.3 Å². The zero-order chi connectivity index (χ0) is 23.1. The Morgan fingerprint density at radius 1 is 0.939 bits per heavy atom. The van der Waals surface area contributed by atoms with Crippen molar-refractivity contribution in [2.45, 2.75) is 6.04 Å². The van der Waals surface area contributed by atoms with Gasteiger partial charge in [-0.05, 0) is 29.8 Å². The number of aliphatic hydroxyl groups is 1. The fourth-order valence-electron chi connectivity index (χ4n) is 4.16. The molecule has 2 aliphatic rings. The third-order valence-corrected chi connectivity index (χ3v) is 5.85. The van der Waals surface area contributed by atoms with Gasteiger partial charge in [0.2, 0.25) is 6.79 Å². The van der Waals surface area contributed by atoms with E-state index >= 15 is 0 Å². The third kappa shape index (κ3) is 3.47. The first-order valence-electron chi connectivity index (χ1n) is 10.5. The first-order chi connectivity index (χ1) is 16.0. The number of ketones is 1. The molecule has 1 amide bonds. The number of carbonyl (C=O) groups is 2. The van der Waals surface area contributed by atoms with E-state index < -0.39 is 17.7 Å². The zero-order valence-corrected chi connectivity index (χ0v) is 18.2. The zero-order valence-electron chi connectivity index (χ0n) is 18.2. The van der Waals surface area contributed by atoms with Crippen molar-refractivity contribution in [3.8, 4) is 11.5 Å². The lowest BCUT2D eigenvalue weighted by molar-refractivity contribution is -0.132. The number of carbonyl (C=O) groups excluding carboxylic acids is 2. The summed E-state index contributed by atoms with van der Waals surface area (Å²) in [4.78, 5) is 29.9. The minimum absolute atomic E-state index is 0.0430. The van der Waals surface area contributed by atoms with Crippen molar-refractivity contribution in [1.29, 1.82) is 0 Å². The van der Waals surface area contributed by atoms with Gasteiger partial charge in [0.1, 0.15) is 5.76 Å². The van der Waals surface area contributed by atoms with Crippen LogP contribution in [0.2, 0.25) is 0 Å². The largest absolute Gasteiger partial charge is 0.507 e. The molecule has 166 valence electrons. The molecular formula is C26H22N2O5. The number of ether oxygens (including phenoxy) is 2. The third-order valence-electron chi connectivity index (χ3n) is 5.85. The van der Waals surface area contributed by atoms with Gasteiger partial charge in [-0.2, -0.15) is 0 Å². The molecule has 0 aromatic heterocycles. The first kappa shape index (κ1) is 20.6. The molecule has 7 nitrogen and oxygen atoms in total. The quantitative estimate of drug-likeness (QED) is 0.372. The van der Waals surface area contributed by atoms with Crippen LogP contribution in [-0.4, -0.2) is 37.7 Å². The van der Waals surface area contributed by atoms with E-state index in [1.165, 1.54) is 4.90 Å². The lowest BCUT2D eigenvalue weighted by atomic mass is 9.95. The van der Waals surface area contributed by atoms with Crippen LogP contribution in [0.15, 0.2) is 78.4 Å². The summed E-state index contributed by atoms with van der Waals surface area (Å²) in [7, 11) is 3.87. The van der Waals surface area contributed by atoms with Gasteiger partial charge >= 0.3 is 0 Å². The Morgan fingerprint density at radius 3 is 2.33 bits per heavy atom. The first-order valence-corrected chi connectivity index (χ1v) is 10.5. The Labute approximate surface area is 191 Å². The summed E-state index contributed by atoms with van der Waals surface area (Å²) in [5, 5.41) is 11.1. The van der Waals surface area contributed by atoms with Crippen molar-refractivity contribution in [1.82, 2.24) is 0 Å². The van der Waals surface area contributed by atoms with Gasteiger partial charge in [-0.1, -0.05) is 42.5 Å². The molecular weight excluding hydrogens is 420 g/mol. The smallest absolute Gasteiger partial charge is 0.300 e. The number of Topliss-reactive ketones (excluding diaryl/α,β-unsaturated/α-hetero) is 1. The molecule has 1 fully saturated rings. The molecule has 0 bridgehead atoms. The average Bonchev–Trinajstić information content (AvgIpc) is 3.41. The van der Waals surface area contributed by atoms with Crippen molar-refractivity contribution < 1.29 is 24.2 Å². The van der Waals surface area contributed by atoms with Gasteiger partial charge in [-0.15, -0.1) is 0 Å². The van der Waals surface area contributed by atoms with Crippen LogP contribution in [0.25, 0.3) is 5.76 Å². The number of rotatable bonds is 4. The van der Waals surface area contributed by atoms with Crippen molar-refractivity contribution in [2.24, 2.45) is 0 Å². The highest BCUT2D eigenvalue weighted by Crippen LogP contribution is 2.45. The molecule has 0 radical (unpaired) electrons. The Morgan fingerprint density at radius 2 is 1.64 bits per heavy atom. The van der Waals surface area contributed by atoms with Crippen LogP contribution >= 0.6 is 0 Å². The van der Waals surface area contributed by atoms with Gasteiger partial charge < -0.3 is 19.5 Å². The lowest BCUT2D eigenvalue weighted by Crippen LogP contribution is -2.29. The maximum absolute atomic E-state index is 13.3. The van der Waals surface area contributed by atoms with E-state index in [0.29, 0.717) is 28.3 Å². The van der Waals surface area contributed by atoms with Crippen LogP contribution in [0.1, 0.15) is 17.2 Å². The summed E-state index contributed by atoms with van der Waals surface area (Å²) in [5.41, 5.74) is 2.67. The molecule has 1 atom stereocenters. The average molecular weight is 442 g/mol. The molecule has 2 heterocycles. The van der Waals surface area contributed by atoms with Crippen molar-refractivity contribution in [3.63, 3.8) is 0 Å². The van der Waals surface area contributed by atoms with E-state index in [9.17, 15) is 14.7 Å². The minimum atomic E-state index is -0.804. The van der Waals surface area contributed by atoms with Gasteiger partial charge in [0, 0.05) is 37.1 Å². The molecule has 0 aliphatic carbocycles. The summed E-state index contributed by atoms with van der Waals surface area (Å²) in [6.07, 6.45) is 0. The molecule has 0 saturated carbocycles. The predicted molar refractivity (Wildman–Crippen MR) is 125 cm³/mol. The van der Waals surface area contributed by atoms with Crippen LogP contribution < -0.4 is 19.3 Å². The van der Waals surface area contributed by atoms with Gasteiger partial charge in [-0.25, -0.2) is 0 Å². The maximum Gasteiger partial charge on any atom is 0.300 e. The highest BCUT2D eigenvalue weighted by Gasteiger charge is 2.47. The SMILES string of the molecule is CN(C)c1ccc(C2/C(=C(\O)c3ccccc3)C(=O)C(=O)N2c2ccc3c(c2)OCO3)cc1. The number of nitrogens with zero attached hydrogens (tertiary/aromatic N) is 2. The van der Waals surface area contributed by atoms with Crippen LogP contribution in [0.4, 0.5) is 11.4 Å². The molecule has 33 heavy (non-hydrogen) atoms.